The topological polar surface area (TPSA) is 32.3 Å². The van der Waals surface area contributed by atoms with Gasteiger partial charge in [0.05, 0.1) is 5.60 Å². The highest BCUT2D eigenvalue weighted by atomic mass is 79.9. The van der Waals surface area contributed by atoms with Gasteiger partial charge in [-0.15, -0.1) is 11.3 Å². The number of hydrogen-bond acceptors (Lipinski definition) is 3. The highest BCUT2D eigenvalue weighted by Gasteiger charge is 2.21. The summed E-state index contributed by atoms with van der Waals surface area (Å²) in [6.45, 7) is 7.65. The van der Waals surface area contributed by atoms with Crippen LogP contribution in [0.2, 0.25) is 0 Å². The van der Waals surface area contributed by atoms with E-state index in [1.165, 1.54) is 14.2 Å². The lowest BCUT2D eigenvalue weighted by molar-refractivity contribution is 0.0323. The monoisotopic (exact) mass is 305 g/mol. The van der Waals surface area contributed by atoms with Gasteiger partial charge in [0, 0.05) is 27.3 Å². The predicted octanol–water partition coefficient (Wildman–Crippen LogP) is 3.46. The number of aryl methyl sites for hydroxylation is 1. The molecule has 0 atom stereocenters. The fourth-order valence-electron chi connectivity index (χ4n) is 1.52. The van der Waals surface area contributed by atoms with Gasteiger partial charge in [-0.3, -0.25) is 0 Å². The van der Waals surface area contributed by atoms with E-state index in [1.807, 2.05) is 13.8 Å². The number of hydrogen-bond donors (Lipinski definition) is 2. The van der Waals surface area contributed by atoms with E-state index in [0.29, 0.717) is 6.54 Å². The molecule has 0 aliphatic rings. The summed E-state index contributed by atoms with van der Waals surface area (Å²) in [5, 5.41) is 13.4. The lowest BCUT2D eigenvalue weighted by atomic mass is 9.98. The fourth-order valence-corrected chi connectivity index (χ4v) is 3.09. The number of halogens is 1. The molecule has 1 aromatic heterocycles. The molecule has 0 saturated heterocycles. The highest BCUT2D eigenvalue weighted by Crippen LogP contribution is 2.26. The first-order valence-corrected chi connectivity index (χ1v) is 7.29. The summed E-state index contributed by atoms with van der Waals surface area (Å²) in [5.41, 5.74) is -0.552. The third-order valence-corrected chi connectivity index (χ3v) is 5.11. The zero-order valence-electron chi connectivity index (χ0n) is 10.1. The SMILES string of the molecule is CCC(O)(CC)CNCc1cc(Br)c(C)s1. The van der Waals surface area contributed by atoms with Crippen molar-refractivity contribution in [3.63, 3.8) is 0 Å². The van der Waals surface area contributed by atoms with Crippen molar-refractivity contribution in [2.75, 3.05) is 6.54 Å². The summed E-state index contributed by atoms with van der Waals surface area (Å²) < 4.78 is 1.18. The van der Waals surface area contributed by atoms with Crippen molar-refractivity contribution in [3.05, 3.63) is 20.3 Å². The molecule has 1 aromatic rings. The largest absolute Gasteiger partial charge is 0.389 e. The predicted molar refractivity (Wildman–Crippen MR) is 74.0 cm³/mol. The Kier molecular flexibility index (Phi) is 5.44. The number of nitrogens with one attached hydrogen (secondary N) is 1. The van der Waals surface area contributed by atoms with Crippen LogP contribution >= 0.6 is 27.3 Å². The molecule has 0 saturated carbocycles. The molecular formula is C12H20BrNOS. The van der Waals surface area contributed by atoms with Gasteiger partial charge in [-0.05, 0) is 41.8 Å². The van der Waals surface area contributed by atoms with Gasteiger partial charge >= 0.3 is 0 Å². The summed E-state index contributed by atoms with van der Waals surface area (Å²) in [6.07, 6.45) is 1.59. The molecule has 0 spiro atoms. The smallest absolute Gasteiger partial charge is 0.0766 e. The van der Waals surface area contributed by atoms with Crippen molar-refractivity contribution in [1.29, 1.82) is 0 Å². The molecule has 0 aliphatic carbocycles. The van der Waals surface area contributed by atoms with E-state index < -0.39 is 5.60 Å². The Balaban J connectivity index is 2.41. The summed E-state index contributed by atoms with van der Waals surface area (Å²) in [6, 6.07) is 2.14. The van der Waals surface area contributed by atoms with E-state index in [2.05, 4.69) is 34.2 Å². The highest BCUT2D eigenvalue weighted by molar-refractivity contribution is 9.10. The molecule has 0 bridgehead atoms. The van der Waals surface area contributed by atoms with Crippen molar-refractivity contribution >= 4 is 27.3 Å². The van der Waals surface area contributed by atoms with Crippen LogP contribution in [0.25, 0.3) is 0 Å². The minimum absolute atomic E-state index is 0.552. The first-order valence-electron chi connectivity index (χ1n) is 5.68. The third-order valence-electron chi connectivity index (χ3n) is 2.98. The maximum Gasteiger partial charge on any atom is 0.0766 e. The van der Waals surface area contributed by atoms with Crippen LogP contribution in [0.3, 0.4) is 0 Å². The van der Waals surface area contributed by atoms with Crippen molar-refractivity contribution in [3.8, 4) is 0 Å². The zero-order chi connectivity index (χ0) is 12.2. The molecule has 0 aromatic carbocycles. The van der Waals surface area contributed by atoms with E-state index in [0.717, 1.165) is 19.4 Å². The second-order valence-corrected chi connectivity index (χ2v) is 6.35. The molecule has 0 unspecified atom stereocenters. The van der Waals surface area contributed by atoms with Crippen LogP contribution in [-0.2, 0) is 6.54 Å². The molecule has 0 fully saturated rings. The van der Waals surface area contributed by atoms with Crippen molar-refractivity contribution < 1.29 is 5.11 Å². The lowest BCUT2D eigenvalue weighted by Crippen LogP contribution is -2.39. The van der Waals surface area contributed by atoms with Crippen molar-refractivity contribution in [2.24, 2.45) is 0 Å². The van der Waals surface area contributed by atoms with E-state index >= 15 is 0 Å². The standard InChI is InChI=1S/C12H20BrNOS/c1-4-12(15,5-2)8-14-7-10-6-11(13)9(3)16-10/h6,14-15H,4-5,7-8H2,1-3H3. The second kappa shape index (κ2) is 6.15. The van der Waals surface area contributed by atoms with Gasteiger partial charge in [0.1, 0.15) is 0 Å². The van der Waals surface area contributed by atoms with Crippen molar-refractivity contribution in [1.82, 2.24) is 5.32 Å². The van der Waals surface area contributed by atoms with E-state index in [1.54, 1.807) is 11.3 Å². The normalized spacial score (nSPS) is 12.1. The third kappa shape index (κ3) is 3.84. The van der Waals surface area contributed by atoms with Gasteiger partial charge in [0.25, 0.3) is 0 Å². The average molecular weight is 306 g/mol. The molecule has 2 nitrogen and oxygen atoms in total. The van der Waals surface area contributed by atoms with Crippen molar-refractivity contribution in [2.45, 2.75) is 45.8 Å². The quantitative estimate of drug-likeness (QED) is 0.843. The molecule has 0 amide bonds. The molecule has 92 valence electrons. The Bertz CT molecular complexity index is 314. The Hall–Kier alpha value is 0.1000. The van der Waals surface area contributed by atoms with Gasteiger partial charge < -0.3 is 10.4 Å². The van der Waals surface area contributed by atoms with E-state index in [9.17, 15) is 5.11 Å². The number of rotatable bonds is 6. The molecule has 0 radical (unpaired) electrons. The fraction of sp³-hybridized carbons (Fsp3) is 0.667. The zero-order valence-corrected chi connectivity index (χ0v) is 12.5. The number of thiophene rings is 1. The molecule has 2 N–H and O–H groups in total. The Morgan fingerprint density at radius 2 is 2.06 bits per heavy atom. The maximum atomic E-state index is 10.1. The minimum Gasteiger partial charge on any atom is -0.389 e. The Morgan fingerprint density at radius 1 is 1.44 bits per heavy atom. The molecule has 1 heterocycles. The van der Waals surface area contributed by atoms with Gasteiger partial charge in [-0.25, -0.2) is 0 Å². The van der Waals surface area contributed by atoms with Gasteiger partial charge in [0.15, 0.2) is 0 Å². The minimum atomic E-state index is -0.552. The molecule has 1 rings (SSSR count). The number of aliphatic hydroxyl groups is 1. The summed E-state index contributed by atoms with van der Waals surface area (Å²) in [4.78, 5) is 2.61. The van der Waals surface area contributed by atoms with Crippen LogP contribution < -0.4 is 5.32 Å². The van der Waals surface area contributed by atoms with E-state index in [4.69, 9.17) is 0 Å². The van der Waals surface area contributed by atoms with Gasteiger partial charge in [-0.1, -0.05) is 13.8 Å². The van der Waals surface area contributed by atoms with Crippen LogP contribution in [0.1, 0.15) is 36.4 Å². The Morgan fingerprint density at radius 3 is 2.50 bits per heavy atom. The van der Waals surface area contributed by atoms with Crippen LogP contribution in [-0.4, -0.2) is 17.3 Å². The van der Waals surface area contributed by atoms with Crippen LogP contribution in [0, 0.1) is 6.92 Å². The maximum absolute atomic E-state index is 10.1. The summed E-state index contributed by atoms with van der Waals surface area (Å²) in [5.74, 6) is 0. The average Bonchev–Trinajstić information content (AvgIpc) is 2.58. The Labute approximate surface area is 110 Å². The molecule has 16 heavy (non-hydrogen) atoms. The van der Waals surface area contributed by atoms with Crippen LogP contribution in [0.5, 0.6) is 0 Å². The van der Waals surface area contributed by atoms with Crippen LogP contribution in [0.15, 0.2) is 10.5 Å². The molecule has 0 aliphatic heterocycles. The molecule has 4 heteroatoms. The lowest BCUT2D eigenvalue weighted by Gasteiger charge is -2.25. The van der Waals surface area contributed by atoms with E-state index in [-0.39, 0.29) is 0 Å². The first kappa shape index (κ1) is 14.2. The summed E-state index contributed by atoms with van der Waals surface area (Å²) in [7, 11) is 0. The summed E-state index contributed by atoms with van der Waals surface area (Å²) >= 11 is 5.30. The first-order chi connectivity index (χ1) is 7.50. The molecular weight excluding hydrogens is 286 g/mol. The second-order valence-electron chi connectivity index (χ2n) is 4.15. The van der Waals surface area contributed by atoms with Gasteiger partial charge in [0.2, 0.25) is 0 Å². The van der Waals surface area contributed by atoms with Crippen LogP contribution in [0.4, 0.5) is 0 Å². The van der Waals surface area contributed by atoms with Gasteiger partial charge in [-0.2, -0.15) is 0 Å².